The molecule has 1 N–H and O–H groups in total. The van der Waals surface area contributed by atoms with Crippen molar-refractivity contribution >= 4 is 63.5 Å². The maximum absolute atomic E-state index is 12.6. The molecule has 1 aliphatic rings. The molecular weight excluding hydrogens is 400 g/mol. The Bertz CT molecular complexity index is 926. The zero-order chi connectivity index (χ0) is 19.4. The first kappa shape index (κ1) is 19.6. The second kappa shape index (κ2) is 8.69. The number of thiocarbonyl (C=S) groups is 1. The van der Waals surface area contributed by atoms with Crippen LogP contribution in [0.2, 0.25) is 5.02 Å². The van der Waals surface area contributed by atoms with E-state index in [0.717, 1.165) is 11.1 Å². The minimum absolute atomic E-state index is 0.134. The van der Waals surface area contributed by atoms with Gasteiger partial charge in [-0.1, -0.05) is 77.5 Å². The highest BCUT2D eigenvalue weighted by molar-refractivity contribution is 8.26. The summed E-state index contributed by atoms with van der Waals surface area (Å²) in [5.41, 5.74) is 2.65. The van der Waals surface area contributed by atoms with Crippen LogP contribution in [0.15, 0.2) is 53.4 Å². The average Bonchev–Trinajstić information content (AvgIpc) is 2.90. The normalized spacial score (nSPS) is 15.5. The Hall–Kier alpha value is -2.15. The van der Waals surface area contributed by atoms with E-state index in [1.165, 1.54) is 16.7 Å². The zero-order valence-electron chi connectivity index (χ0n) is 14.6. The van der Waals surface area contributed by atoms with Gasteiger partial charge in [-0.05, 0) is 30.7 Å². The van der Waals surface area contributed by atoms with E-state index in [1.807, 2.05) is 37.3 Å². The van der Waals surface area contributed by atoms with Crippen molar-refractivity contribution in [2.24, 2.45) is 0 Å². The minimum atomic E-state index is -0.223. The van der Waals surface area contributed by atoms with Gasteiger partial charge in [0.2, 0.25) is 5.91 Å². The van der Waals surface area contributed by atoms with Crippen molar-refractivity contribution in [2.75, 3.05) is 11.9 Å². The van der Waals surface area contributed by atoms with Crippen LogP contribution in [0.4, 0.5) is 5.69 Å². The molecule has 0 aromatic heterocycles. The number of amides is 2. The molecule has 4 nitrogen and oxygen atoms in total. The molecule has 0 saturated carbocycles. The lowest BCUT2D eigenvalue weighted by Crippen LogP contribution is -2.31. The monoisotopic (exact) mass is 416 g/mol. The summed E-state index contributed by atoms with van der Waals surface area (Å²) in [7, 11) is 0. The van der Waals surface area contributed by atoms with E-state index < -0.39 is 0 Å². The molecule has 1 saturated heterocycles. The molecule has 7 heteroatoms. The first-order chi connectivity index (χ1) is 12.9. The largest absolute Gasteiger partial charge is 0.325 e. The number of aryl methyl sites for hydroxylation is 1. The summed E-state index contributed by atoms with van der Waals surface area (Å²) in [5.74, 6) is -0.393. The third kappa shape index (κ3) is 4.97. The van der Waals surface area contributed by atoms with Crippen LogP contribution < -0.4 is 5.32 Å². The van der Waals surface area contributed by atoms with Crippen LogP contribution >= 0.6 is 35.6 Å². The lowest BCUT2D eigenvalue weighted by molar-refractivity contribution is -0.122. The van der Waals surface area contributed by atoms with E-state index in [-0.39, 0.29) is 24.8 Å². The number of rotatable bonds is 5. The minimum Gasteiger partial charge on any atom is -0.325 e. The van der Waals surface area contributed by atoms with Crippen LogP contribution in [0.5, 0.6) is 0 Å². The van der Waals surface area contributed by atoms with Crippen molar-refractivity contribution < 1.29 is 9.59 Å². The van der Waals surface area contributed by atoms with Crippen LogP contribution in [-0.4, -0.2) is 27.6 Å². The Balaban J connectivity index is 1.61. The van der Waals surface area contributed by atoms with Gasteiger partial charge in [0.05, 0.1) is 15.6 Å². The molecule has 0 unspecified atom stereocenters. The number of halogens is 1. The molecular formula is C20H17ClN2O2S2. The number of nitrogens with one attached hydrogen (secondary N) is 1. The van der Waals surface area contributed by atoms with Gasteiger partial charge in [-0.2, -0.15) is 0 Å². The fourth-order valence-electron chi connectivity index (χ4n) is 2.50. The number of hydrogen-bond acceptors (Lipinski definition) is 4. The number of para-hydroxylation sites is 1. The highest BCUT2D eigenvalue weighted by atomic mass is 35.5. The predicted octanol–water partition coefficient (Wildman–Crippen LogP) is 4.88. The quantitative estimate of drug-likeness (QED) is 0.557. The molecule has 2 amide bonds. The van der Waals surface area contributed by atoms with E-state index in [9.17, 15) is 9.59 Å². The van der Waals surface area contributed by atoms with Crippen LogP contribution in [-0.2, 0) is 9.59 Å². The summed E-state index contributed by atoms with van der Waals surface area (Å²) in [6.45, 7) is 2.24. The van der Waals surface area contributed by atoms with Gasteiger partial charge in [0.25, 0.3) is 5.91 Å². The van der Waals surface area contributed by atoms with Gasteiger partial charge < -0.3 is 5.32 Å². The number of anilines is 1. The van der Waals surface area contributed by atoms with Gasteiger partial charge in [-0.25, -0.2) is 0 Å². The van der Waals surface area contributed by atoms with E-state index in [4.69, 9.17) is 23.8 Å². The molecule has 1 fully saturated rings. The molecule has 1 aliphatic heterocycles. The summed E-state index contributed by atoms with van der Waals surface area (Å²) < 4.78 is 0.462. The fourth-order valence-corrected chi connectivity index (χ4v) is 3.99. The lowest BCUT2D eigenvalue weighted by Gasteiger charge is -2.14. The number of benzene rings is 2. The van der Waals surface area contributed by atoms with Crippen molar-refractivity contribution in [3.05, 3.63) is 69.6 Å². The van der Waals surface area contributed by atoms with Gasteiger partial charge in [0.15, 0.2) is 0 Å². The first-order valence-corrected chi connectivity index (χ1v) is 9.91. The third-order valence-electron chi connectivity index (χ3n) is 3.96. The second-order valence-electron chi connectivity index (χ2n) is 6.02. The summed E-state index contributed by atoms with van der Waals surface area (Å²) in [4.78, 5) is 26.8. The SMILES string of the molecule is Cc1ccc(/C=C2/SC(=S)N(CCC(=O)Nc3ccccc3Cl)C2=O)cc1. The van der Waals surface area contributed by atoms with Gasteiger partial charge in [0, 0.05) is 13.0 Å². The topological polar surface area (TPSA) is 49.4 Å². The second-order valence-corrected chi connectivity index (χ2v) is 8.11. The summed E-state index contributed by atoms with van der Waals surface area (Å²) >= 11 is 12.6. The van der Waals surface area contributed by atoms with Crippen LogP contribution in [0.3, 0.4) is 0 Å². The van der Waals surface area contributed by atoms with Crippen LogP contribution in [0.25, 0.3) is 6.08 Å². The van der Waals surface area contributed by atoms with Crippen molar-refractivity contribution in [3.8, 4) is 0 Å². The van der Waals surface area contributed by atoms with Gasteiger partial charge in [-0.3, -0.25) is 14.5 Å². The smallest absolute Gasteiger partial charge is 0.266 e. The molecule has 0 radical (unpaired) electrons. The fraction of sp³-hybridized carbons (Fsp3) is 0.150. The maximum atomic E-state index is 12.6. The predicted molar refractivity (Wildman–Crippen MR) is 116 cm³/mol. The summed E-state index contributed by atoms with van der Waals surface area (Å²) in [5, 5.41) is 3.22. The molecule has 2 aromatic carbocycles. The Morgan fingerprint density at radius 3 is 2.63 bits per heavy atom. The van der Waals surface area contributed by atoms with Gasteiger partial charge in [-0.15, -0.1) is 0 Å². The maximum Gasteiger partial charge on any atom is 0.266 e. The van der Waals surface area contributed by atoms with E-state index >= 15 is 0 Å². The number of nitrogens with zero attached hydrogens (tertiary/aromatic N) is 1. The third-order valence-corrected chi connectivity index (χ3v) is 5.67. The van der Waals surface area contributed by atoms with Crippen molar-refractivity contribution in [2.45, 2.75) is 13.3 Å². The van der Waals surface area contributed by atoms with Crippen molar-refractivity contribution in [3.63, 3.8) is 0 Å². The average molecular weight is 417 g/mol. The number of carbonyl (C=O) groups is 2. The van der Waals surface area contributed by atoms with Crippen molar-refractivity contribution in [1.29, 1.82) is 0 Å². The van der Waals surface area contributed by atoms with E-state index in [1.54, 1.807) is 24.3 Å². The van der Waals surface area contributed by atoms with Gasteiger partial charge >= 0.3 is 0 Å². The Kier molecular flexibility index (Phi) is 6.31. The number of hydrogen-bond donors (Lipinski definition) is 1. The molecule has 0 aliphatic carbocycles. The Morgan fingerprint density at radius 1 is 1.22 bits per heavy atom. The van der Waals surface area contributed by atoms with Gasteiger partial charge in [0.1, 0.15) is 4.32 Å². The summed E-state index contributed by atoms with van der Waals surface area (Å²) in [6, 6.07) is 14.9. The lowest BCUT2D eigenvalue weighted by atomic mass is 10.1. The molecule has 138 valence electrons. The molecule has 0 atom stereocenters. The Labute approximate surface area is 172 Å². The highest BCUT2D eigenvalue weighted by Crippen LogP contribution is 2.32. The standard InChI is InChI=1S/C20H17ClN2O2S2/c1-13-6-8-14(9-7-13)12-17-19(25)23(20(26)27-17)11-10-18(24)22-16-5-3-2-4-15(16)21/h2-9,12H,10-11H2,1H3,(H,22,24)/b17-12+. The van der Waals surface area contributed by atoms with E-state index in [2.05, 4.69) is 5.32 Å². The molecule has 3 rings (SSSR count). The summed E-state index contributed by atoms with van der Waals surface area (Å²) in [6.07, 6.45) is 1.96. The highest BCUT2D eigenvalue weighted by Gasteiger charge is 2.32. The molecule has 1 heterocycles. The zero-order valence-corrected chi connectivity index (χ0v) is 17.0. The van der Waals surface area contributed by atoms with Crippen LogP contribution in [0.1, 0.15) is 17.5 Å². The Morgan fingerprint density at radius 2 is 1.93 bits per heavy atom. The molecule has 2 aromatic rings. The molecule has 0 spiro atoms. The molecule has 27 heavy (non-hydrogen) atoms. The van der Waals surface area contributed by atoms with Crippen molar-refractivity contribution in [1.82, 2.24) is 4.90 Å². The number of thioether (sulfide) groups is 1. The molecule has 0 bridgehead atoms. The number of carbonyl (C=O) groups excluding carboxylic acids is 2. The van der Waals surface area contributed by atoms with Crippen LogP contribution in [0, 0.1) is 6.92 Å². The van der Waals surface area contributed by atoms with E-state index in [0.29, 0.717) is 19.9 Å². The first-order valence-electron chi connectivity index (χ1n) is 8.30.